The van der Waals surface area contributed by atoms with E-state index in [1.54, 1.807) is 11.8 Å². The molecule has 1 aliphatic rings. The standard InChI is InChI=1S/C27H28O3S/c1-21-26(29-18-23-13-7-3-8-14-23)27(30-19-24-15-9-4-10-16-24)25(31-21)20-28-17-22-11-5-2-6-12-22/h2-16,25-27H,1,17-20H2/t25-,26-,27-/m1/s1. The van der Waals surface area contributed by atoms with Gasteiger partial charge in [-0.2, -0.15) is 0 Å². The number of benzene rings is 3. The molecular weight excluding hydrogens is 404 g/mol. The van der Waals surface area contributed by atoms with Crippen molar-refractivity contribution in [3.8, 4) is 0 Å². The fourth-order valence-corrected chi connectivity index (χ4v) is 4.86. The van der Waals surface area contributed by atoms with Crippen molar-refractivity contribution in [2.75, 3.05) is 6.61 Å². The number of thioether (sulfide) groups is 1. The van der Waals surface area contributed by atoms with Crippen LogP contribution in [0.2, 0.25) is 0 Å². The van der Waals surface area contributed by atoms with E-state index >= 15 is 0 Å². The number of hydrogen-bond donors (Lipinski definition) is 0. The van der Waals surface area contributed by atoms with Crippen molar-refractivity contribution >= 4 is 11.8 Å². The van der Waals surface area contributed by atoms with Gasteiger partial charge in [0.05, 0.1) is 31.7 Å². The Bertz CT molecular complexity index is 930. The van der Waals surface area contributed by atoms with Gasteiger partial charge in [-0.15, -0.1) is 11.8 Å². The SMILES string of the molecule is C=C1S[C@H](COCc2ccccc2)[C@@H](OCc2ccccc2)[C@@H]1OCc1ccccc1. The van der Waals surface area contributed by atoms with E-state index in [1.165, 1.54) is 5.56 Å². The molecule has 4 rings (SSSR count). The summed E-state index contributed by atoms with van der Waals surface area (Å²) < 4.78 is 18.7. The van der Waals surface area contributed by atoms with E-state index < -0.39 is 0 Å². The van der Waals surface area contributed by atoms with Crippen molar-refractivity contribution in [1.82, 2.24) is 0 Å². The van der Waals surface area contributed by atoms with Gasteiger partial charge in [-0.05, 0) is 16.7 Å². The van der Waals surface area contributed by atoms with Gasteiger partial charge in [0.15, 0.2) is 0 Å². The fourth-order valence-electron chi connectivity index (χ4n) is 3.61. The smallest absolute Gasteiger partial charge is 0.115 e. The van der Waals surface area contributed by atoms with Gasteiger partial charge >= 0.3 is 0 Å². The first-order valence-corrected chi connectivity index (χ1v) is 11.5. The highest BCUT2D eigenvalue weighted by molar-refractivity contribution is 8.04. The van der Waals surface area contributed by atoms with Crippen LogP contribution in [0.4, 0.5) is 0 Å². The van der Waals surface area contributed by atoms with Crippen LogP contribution in [0.5, 0.6) is 0 Å². The van der Waals surface area contributed by atoms with Gasteiger partial charge in [0.25, 0.3) is 0 Å². The Morgan fingerprint density at radius 2 is 1.13 bits per heavy atom. The monoisotopic (exact) mass is 432 g/mol. The van der Waals surface area contributed by atoms with Crippen molar-refractivity contribution in [3.05, 3.63) is 119 Å². The molecule has 1 fully saturated rings. The molecule has 160 valence electrons. The quantitative estimate of drug-likeness (QED) is 0.393. The molecule has 0 radical (unpaired) electrons. The van der Waals surface area contributed by atoms with Crippen LogP contribution in [0.3, 0.4) is 0 Å². The molecule has 4 heteroatoms. The fraction of sp³-hybridized carbons (Fsp3) is 0.259. The van der Waals surface area contributed by atoms with Crippen LogP contribution >= 0.6 is 11.8 Å². The topological polar surface area (TPSA) is 27.7 Å². The second-order valence-electron chi connectivity index (χ2n) is 7.60. The van der Waals surface area contributed by atoms with Crippen LogP contribution in [0, 0.1) is 0 Å². The summed E-state index contributed by atoms with van der Waals surface area (Å²) in [5.41, 5.74) is 3.46. The van der Waals surface area contributed by atoms with E-state index in [0.29, 0.717) is 26.4 Å². The normalized spacial score (nSPS) is 20.8. The molecule has 3 aromatic carbocycles. The number of rotatable bonds is 10. The lowest BCUT2D eigenvalue weighted by molar-refractivity contribution is -0.0696. The lowest BCUT2D eigenvalue weighted by Crippen LogP contribution is -2.36. The highest BCUT2D eigenvalue weighted by atomic mass is 32.2. The minimum absolute atomic E-state index is 0.114. The van der Waals surface area contributed by atoms with E-state index in [-0.39, 0.29) is 17.5 Å². The third kappa shape index (κ3) is 6.31. The second kappa shape index (κ2) is 11.3. The van der Waals surface area contributed by atoms with Gasteiger partial charge in [0.1, 0.15) is 12.2 Å². The van der Waals surface area contributed by atoms with E-state index in [2.05, 4.69) is 43.0 Å². The molecule has 1 saturated heterocycles. The maximum atomic E-state index is 6.39. The van der Waals surface area contributed by atoms with Crippen molar-refractivity contribution in [2.24, 2.45) is 0 Å². The Morgan fingerprint density at radius 3 is 1.68 bits per heavy atom. The van der Waals surface area contributed by atoms with Crippen LogP contribution in [-0.4, -0.2) is 24.1 Å². The molecule has 1 heterocycles. The number of ether oxygens (including phenoxy) is 3. The van der Waals surface area contributed by atoms with Gasteiger partial charge in [0, 0.05) is 4.91 Å². The van der Waals surface area contributed by atoms with Crippen LogP contribution < -0.4 is 0 Å². The Kier molecular flexibility index (Phi) is 7.97. The van der Waals surface area contributed by atoms with Crippen molar-refractivity contribution < 1.29 is 14.2 Å². The minimum atomic E-state index is -0.167. The summed E-state index contributed by atoms with van der Waals surface area (Å²) in [4.78, 5) is 1.00. The zero-order valence-corrected chi connectivity index (χ0v) is 18.4. The molecule has 0 aromatic heterocycles. The molecule has 3 aromatic rings. The Hall–Kier alpha value is -2.37. The zero-order chi connectivity index (χ0) is 21.3. The lowest BCUT2D eigenvalue weighted by Gasteiger charge is -2.25. The molecule has 0 amide bonds. The van der Waals surface area contributed by atoms with Gasteiger partial charge in [-0.25, -0.2) is 0 Å². The van der Waals surface area contributed by atoms with E-state index in [9.17, 15) is 0 Å². The summed E-state index contributed by atoms with van der Waals surface area (Å²) in [5.74, 6) is 0. The predicted octanol–water partition coefficient (Wildman–Crippen LogP) is 6.00. The van der Waals surface area contributed by atoms with Gasteiger partial charge in [-0.3, -0.25) is 0 Å². The van der Waals surface area contributed by atoms with Crippen LogP contribution in [0.1, 0.15) is 16.7 Å². The first kappa shape index (κ1) is 21.8. The molecule has 3 nitrogen and oxygen atoms in total. The largest absolute Gasteiger partial charge is 0.376 e. The maximum Gasteiger partial charge on any atom is 0.115 e. The summed E-state index contributed by atoms with van der Waals surface area (Å²) in [6, 6.07) is 30.7. The Morgan fingerprint density at radius 1 is 0.645 bits per heavy atom. The van der Waals surface area contributed by atoms with Crippen molar-refractivity contribution in [3.63, 3.8) is 0 Å². The summed E-state index contributed by atoms with van der Waals surface area (Å²) in [7, 11) is 0. The average Bonchev–Trinajstić information content (AvgIpc) is 3.12. The van der Waals surface area contributed by atoms with Crippen LogP contribution in [0.25, 0.3) is 0 Å². The van der Waals surface area contributed by atoms with Crippen LogP contribution in [-0.2, 0) is 34.0 Å². The third-order valence-electron chi connectivity index (χ3n) is 5.24. The minimum Gasteiger partial charge on any atom is -0.376 e. The molecule has 0 saturated carbocycles. The Labute approximate surface area is 189 Å². The summed E-state index contributed by atoms with van der Waals surface area (Å²) in [6.07, 6.45) is -0.281. The van der Waals surface area contributed by atoms with Gasteiger partial charge in [-0.1, -0.05) is 97.6 Å². The van der Waals surface area contributed by atoms with Crippen molar-refractivity contribution in [2.45, 2.75) is 37.3 Å². The van der Waals surface area contributed by atoms with Gasteiger partial charge in [0.2, 0.25) is 0 Å². The molecule has 31 heavy (non-hydrogen) atoms. The number of hydrogen-bond acceptors (Lipinski definition) is 4. The first-order chi connectivity index (χ1) is 15.3. The molecule has 3 atom stereocenters. The summed E-state index contributed by atoms with van der Waals surface area (Å²) >= 11 is 1.72. The molecule has 0 spiro atoms. The van der Waals surface area contributed by atoms with E-state index in [1.807, 2.05) is 54.6 Å². The molecule has 0 bridgehead atoms. The average molecular weight is 433 g/mol. The molecule has 1 aliphatic heterocycles. The predicted molar refractivity (Wildman–Crippen MR) is 127 cm³/mol. The highest BCUT2D eigenvalue weighted by Crippen LogP contribution is 2.41. The molecule has 0 unspecified atom stereocenters. The first-order valence-electron chi connectivity index (χ1n) is 10.6. The van der Waals surface area contributed by atoms with Crippen LogP contribution in [0.15, 0.2) is 102 Å². The van der Waals surface area contributed by atoms with E-state index in [0.717, 1.165) is 16.0 Å². The van der Waals surface area contributed by atoms with Gasteiger partial charge < -0.3 is 14.2 Å². The highest BCUT2D eigenvalue weighted by Gasteiger charge is 2.41. The molecular formula is C27H28O3S. The zero-order valence-electron chi connectivity index (χ0n) is 17.6. The summed E-state index contributed by atoms with van der Waals surface area (Å²) in [6.45, 7) is 6.52. The maximum absolute atomic E-state index is 6.39. The van der Waals surface area contributed by atoms with Crippen molar-refractivity contribution in [1.29, 1.82) is 0 Å². The summed E-state index contributed by atoms with van der Waals surface area (Å²) in [5, 5.41) is 0.140. The lowest BCUT2D eigenvalue weighted by atomic mass is 10.1. The third-order valence-corrected chi connectivity index (χ3v) is 6.48. The molecule has 0 aliphatic carbocycles. The molecule has 0 N–H and O–H groups in total. The second-order valence-corrected chi connectivity index (χ2v) is 8.97. The van der Waals surface area contributed by atoms with E-state index in [4.69, 9.17) is 14.2 Å². The Balaban J connectivity index is 1.40.